The molecule has 1 aliphatic heterocycles. The second-order valence-corrected chi connectivity index (χ2v) is 6.35. The van der Waals surface area contributed by atoms with Gasteiger partial charge in [0.25, 0.3) is 0 Å². The highest BCUT2D eigenvalue weighted by atomic mass is 16.2. The van der Waals surface area contributed by atoms with Gasteiger partial charge in [0, 0.05) is 31.0 Å². The Morgan fingerprint density at radius 1 is 1.23 bits per heavy atom. The number of aromatic nitrogens is 4. The van der Waals surface area contributed by atoms with E-state index in [1.807, 2.05) is 25.4 Å². The van der Waals surface area contributed by atoms with Crippen LogP contribution in [0.15, 0.2) is 42.7 Å². The fourth-order valence-electron chi connectivity index (χ4n) is 3.17. The second kappa shape index (κ2) is 6.59. The lowest BCUT2D eigenvalue weighted by Gasteiger charge is -2.17. The van der Waals surface area contributed by atoms with Crippen molar-refractivity contribution in [2.75, 3.05) is 16.8 Å². The van der Waals surface area contributed by atoms with Crippen molar-refractivity contribution >= 4 is 17.5 Å². The minimum Gasteiger partial charge on any atom is -0.294 e. The SMILES string of the molecule is CCc1ccc2c(c1)CCN2C(=O)Nc1ccc(-c2cnn(C)c2)nn1. The van der Waals surface area contributed by atoms with Crippen molar-refractivity contribution in [3.63, 3.8) is 0 Å². The average Bonchev–Trinajstić information content (AvgIpc) is 3.28. The number of carbonyl (C=O) groups excluding carboxylic acids is 1. The molecule has 7 nitrogen and oxygen atoms in total. The van der Waals surface area contributed by atoms with Crippen LogP contribution < -0.4 is 10.2 Å². The predicted octanol–water partition coefficient (Wildman–Crippen LogP) is 3.03. The summed E-state index contributed by atoms with van der Waals surface area (Å²) in [4.78, 5) is 14.4. The van der Waals surface area contributed by atoms with E-state index in [2.05, 4.69) is 39.7 Å². The molecular formula is C19H20N6O. The summed E-state index contributed by atoms with van der Waals surface area (Å²) in [5.74, 6) is 0.432. The first-order chi connectivity index (χ1) is 12.6. The third-order valence-corrected chi connectivity index (χ3v) is 4.59. The van der Waals surface area contributed by atoms with E-state index in [9.17, 15) is 4.79 Å². The second-order valence-electron chi connectivity index (χ2n) is 6.35. The van der Waals surface area contributed by atoms with Gasteiger partial charge in [-0.05, 0) is 42.2 Å². The summed E-state index contributed by atoms with van der Waals surface area (Å²) in [6, 6.07) is 9.68. The number of amides is 2. The molecule has 4 rings (SSSR count). The van der Waals surface area contributed by atoms with Gasteiger partial charge in [0.15, 0.2) is 5.82 Å². The Bertz CT molecular complexity index is 947. The van der Waals surface area contributed by atoms with E-state index >= 15 is 0 Å². The highest BCUT2D eigenvalue weighted by molar-refractivity contribution is 6.02. The summed E-state index contributed by atoms with van der Waals surface area (Å²) in [6.45, 7) is 2.81. The lowest BCUT2D eigenvalue weighted by Crippen LogP contribution is -2.33. The van der Waals surface area contributed by atoms with E-state index in [0.29, 0.717) is 12.4 Å². The molecule has 0 radical (unpaired) electrons. The fourth-order valence-corrected chi connectivity index (χ4v) is 3.17. The summed E-state index contributed by atoms with van der Waals surface area (Å²) in [5, 5.41) is 15.2. The van der Waals surface area contributed by atoms with Crippen LogP contribution in [0, 0.1) is 0 Å². The van der Waals surface area contributed by atoms with Crippen molar-refractivity contribution in [1.29, 1.82) is 0 Å². The van der Waals surface area contributed by atoms with Crippen molar-refractivity contribution in [3.05, 3.63) is 53.9 Å². The third kappa shape index (κ3) is 3.03. The van der Waals surface area contributed by atoms with Crippen LogP contribution >= 0.6 is 0 Å². The van der Waals surface area contributed by atoms with Crippen molar-refractivity contribution in [2.45, 2.75) is 19.8 Å². The number of fused-ring (bicyclic) bond motifs is 1. The molecule has 0 spiro atoms. The highest BCUT2D eigenvalue weighted by Gasteiger charge is 2.25. The molecule has 0 saturated carbocycles. The molecule has 0 bridgehead atoms. The van der Waals surface area contributed by atoms with E-state index in [1.54, 1.807) is 21.8 Å². The maximum absolute atomic E-state index is 12.6. The minimum absolute atomic E-state index is 0.184. The van der Waals surface area contributed by atoms with E-state index in [0.717, 1.165) is 29.8 Å². The smallest absolute Gasteiger partial charge is 0.294 e. The van der Waals surface area contributed by atoms with Gasteiger partial charge in [0.2, 0.25) is 0 Å². The first-order valence-corrected chi connectivity index (χ1v) is 8.67. The summed E-state index contributed by atoms with van der Waals surface area (Å²) in [6.07, 6.45) is 5.47. The largest absolute Gasteiger partial charge is 0.327 e. The summed E-state index contributed by atoms with van der Waals surface area (Å²) >= 11 is 0. The summed E-state index contributed by atoms with van der Waals surface area (Å²) < 4.78 is 1.71. The Morgan fingerprint density at radius 3 is 2.81 bits per heavy atom. The molecule has 0 atom stereocenters. The molecule has 1 N–H and O–H groups in total. The predicted molar refractivity (Wildman–Crippen MR) is 100 cm³/mol. The van der Waals surface area contributed by atoms with Gasteiger partial charge >= 0.3 is 6.03 Å². The highest BCUT2D eigenvalue weighted by Crippen LogP contribution is 2.29. The first-order valence-electron chi connectivity index (χ1n) is 8.67. The van der Waals surface area contributed by atoms with Crippen molar-refractivity contribution < 1.29 is 4.79 Å². The number of anilines is 2. The number of rotatable bonds is 3. The van der Waals surface area contributed by atoms with Gasteiger partial charge in [-0.2, -0.15) is 5.10 Å². The number of benzene rings is 1. The van der Waals surface area contributed by atoms with Crippen LogP contribution in [0.25, 0.3) is 11.3 Å². The third-order valence-electron chi connectivity index (χ3n) is 4.59. The Morgan fingerprint density at radius 2 is 2.12 bits per heavy atom. The molecule has 2 amide bonds. The molecule has 1 aliphatic rings. The normalized spacial score (nSPS) is 12.9. The molecule has 0 saturated heterocycles. The maximum atomic E-state index is 12.6. The zero-order valence-electron chi connectivity index (χ0n) is 14.8. The number of carbonyl (C=O) groups is 1. The number of urea groups is 1. The number of nitrogens with one attached hydrogen (secondary N) is 1. The molecule has 132 valence electrons. The molecule has 0 unspecified atom stereocenters. The van der Waals surface area contributed by atoms with Crippen LogP contribution in [0.4, 0.5) is 16.3 Å². The molecule has 7 heteroatoms. The molecule has 0 fully saturated rings. The Labute approximate surface area is 151 Å². The van der Waals surface area contributed by atoms with E-state index in [1.165, 1.54) is 11.1 Å². The molecule has 0 aliphatic carbocycles. The van der Waals surface area contributed by atoms with Crippen molar-refractivity contribution in [2.24, 2.45) is 7.05 Å². The van der Waals surface area contributed by atoms with Gasteiger partial charge in [-0.15, -0.1) is 10.2 Å². The van der Waals surface area contributed by atoms with Gasteiger partial charge in [-0.3, -0.25) is 14.9 Å². The summed E-state index contributed by atoms with van der Waals surface area (Å²) in [5.41, 5.74) is 5.09. The van der Waals surface area contributed by atoms with Gasteiger partial charge in [0.1, 0.15) is 0 Å². The molecule has 1 aromatic carbocycles. The van der Waals surface area contributed by atoms with Crippen LogP contribution in [0.2, 0.25) is 0 Å². The van der Waals surface area contributed by atoms with Crippen molar-refractivity contribution in [3.8, 4) is 11.3 Å². The minimum atomic E-state index is -0.184. The van der Waals surface area contributed by atoms with E-state index in [-0.39, 0.29) is 6.03 Å². The molecular weight excluding hydrogens is 328 g/mol. The molecule has 3 aromatic rings. The van der Waals surface area contributed by atoms with Crippen LogP contribution in [-0.4, -0.2) is 32.6 Å². The van der Waals surface area contributed by atoms with Crippen molar-refractivity contribution in [1.82, 2.24) is 20.0 Å². The fraction of sp³-hybridized carbons (Fsp3) is 0.263. The quantitative estimate of drug-likeness (QED) is 0.789. The zero-order chi connectivity index (χ0) is 18.1. The Hall–Kier alpha value is -3.22. The van der Waals surface area contributed by atoms with Gasteiger partial charge in [0.05, 0.1) is 11.9 Å². The average molecular weight is 348 g/mol. The Kier molecular flexibility index (Phi) is 4.12. The molecule has 3 heterocycles. The van der Waals surface area contributed by atoms with Crippen LogP contribution in [0.5, 0.6) is 0 Å². The standard InChI is InChI=1S/C19H20N6O/c1-3-13-4-6-17-14(10-13)8-9-25(17)19(26)21-18-7-5-16(22-23-18)15-11-20-24(2)12-15/h4-7,10-12H,3,8-9H2,1-2H3,(H,21,23,26). The number of nitrogens with zero attached hydrogens (tertiary/aromatic N) is 5. The zero-order valence-corrected chi connectivity index (χ0v) is 14.8. The number of aryl methyl sites for hydroxylation is 2. The molecule has 2 aromatic heterocycles. The maximum Gasteiger partial charge on any atom is 0.327 e. The topological polar surface area (TPSA) is 75.9 Å². The first kappa shape index (κ1) is 16.3. The van der Waals surface area contributed by atoms with Crippen LogP contribution in [-0.2, 0) is 19.9 Å². The molecule has 26 heavy (non-hydrogen) atoms. The number of hydrogen-bond acceptors (Lipinski definition) is 4. The summed E-state index contributed by atoms with van der Waals surface area (Å²) in [7, 11) is 1.85. The van der Waals surface area contributed by atoms with E-state index in [4.69, 9.17) is 0 Å². The number of hydrogen-bond donors (Lipinski definition) is 1. The lowest BCUT2D eigenvalue weighted by atomic mass is 10.1. The monoisotopic (exact) mass is 348 g/mol. The van der Waals surface area contributed by atoms with Crippen LogP contribution in [0.3, 0.4) is 0 Å². The van der Waals surface area contributed by atoms with Gasteiger partial charge < -0.3 is 0 Å². The van der Waals surface area contributed by atoms with Gasteiger partial charge in [-0.25, -0.2) is 4.79 Å². The van der Waals surface area contributed by atoms with E-state index < -0.39 is 0 Å². The van der Waals surface area contributed by atoms with Gasteiger partial charge in [-0.1, -0.05) is 19.1 Å². The van der Waals surface area contributed by atoms with Crippen LogP contribution in [0.1, 0.15) is 18.1 Å². The Balaban J connectivity index is 1.48. The lowest BCUT2D eigenvalue weighted by molar-refractivity contribution is 0.257.